The molecular formula is C15H21NO3S2. The average molecular weight is 327 g/mol. The zero-order valence-corrected chi connectivity index (χ0v) is 14.0. The zero-order chi connectivity index (χ0) is 15.5. The number of thioether (sulfide) groups is 1. The van der Waals surface area contributed by atoms with Gasteiger partial charge in [0, 0.05) is 5.75 Å². The highest BCUT2D eigenvalue weighted by Gasteiger charge is 2.39. The summed E-state index contributed by atoms with van der Waals surface area (Å²) in [6.45, 7) is 3.85. The molecule has 0 saturated carbocycles. The fourth-order valence-electron chi connectivity index (χ4n) is 2.43. The highest BCUT2D eigenvalue weighted by Crippen LogP contribution is 2.23. The third-order valence-corrected chi connectivity index (χ3v) is 6.47. The van der Waals surface area contributed by atoms with Gasteiger partial charge in [0.2, 0.25) is 5.91 Å². The molecule has 1 aromatic carbocycles. The number of carbonyl (C=O) groups excluding carboxylic acids is 1. The standard InChI is InChI=1S/C15H21NO3S2/c1-12-3-5-13(6-4-12)9-20-10-14(17)16-15(2)7-8-21(18,19)11-15/h3-6H,7-11H2,1-2H3,(H,16,17). The van der Waals surface area contributed by atoms with Crippen molar-refractivity contribution in [3.63, 3.8) is 0 Å². The summed E-state index contributed by atoms with van der Waals surface area (Å²) < 4.78 is 23.0. The monoisotopic (exact) mass is 327 g/mol. The van der Waals surface area contributed by atoms with Crippen LogP contribution < -0.4 is 5.32 Å². The SMILES string of the molecule is Cc1ccc(CSCC(=O)NC2(C)CCS(=O)(=O)C2)cc1. The van der Waals surface area contributed by atoms with E-state index < -0.39 is 15.4 Å². The number of benzene rings is 1. The lowest BCUT2D eigenvalue weighted by atomic mass is 10.0. The Morgan fingerprint density at radius 1 is 1.33 bits per heavy atom. The number of hydrogen-bond acceptors (Lipinski definition) is 4. The maximum atomic E-state index is 11.9. The minimum absolute atomic E-state index is 0.0500. The Labute approximate surface area is 130 Å². The number of aryl methyl sites for hydroxylation is 1. The average Bonchev–Trinajstić information content (AvgIpc) is 2.65. The summed E-state index contributed by atoms with van der Waals surface area (Å²) in [6.07, 6.45) is 0.504. The predicted molar refractivity (Wildman–Crippen MR) is 87.2 cm³/mol. The lowest BCUT2D eigenvalue weighted by Gasteiger charge is -2.23. The highest BCUT2D eigenvalue weighted by atomic mass is 32.2. The molecule has 1 aliphatic heterocycles. The molecule has 1 N–H and O–H groups in total. The van der Waals surface area contributed by atoms with E-state index in [2.05, 4.69) is 29.6 Å². The topological polar surface area (TPSA) is 63.2 Å². The quantitative estimate of drug-likeness (QED) is 0.897. The van der Waals surface area contributed by atoms with Crippen LogP contribution in [0.5, 0.6) is 0 Å². The molecule has 0 radical (unpaired) electrons. The molecule has 4 nitrogen and oxygen atoms in total. The number of hydrogen-bond donors (Lipinski definition) is 1. The van der Waals surface area contributed by atoms with Gasteiger partial charge in [-0.05, 0) is 25.8 Å². The molecule has 116 valence electrons. The van der Waals surface area contributed by atoms with Crippen LogP contribution in [0, 0.1) is 6.92 Å². The van der Waals surface area contributed by atoms with Crippen molar-refractivity contribution in [1.29, 1.82) is 0 Å². The van der Waals surface area contributed by atoms with Gasteiger partial charge < -0.3 is 5.32 Å². The largest absolute Gasteiger partial charge is 0.349 e. The van der Waals surface area contributed by atoms with E-state index in [9.17, 15) is 13.2 Å². The summed E-state index contributed by atoms with van der Waals surface area (Å²) in [4.78, 5) is 11.9. The van der Waals surface area contributed by atoms with Crippen LogP contribution in [0.2, 0.25) is 0 Å². The van der Waals surface area contributed by atoms with E-state index in [1.807, 2.05) is 6.92 Å². The molecule has 2 rings (SSSR count). The number of rotatable bonds is 5. The molecule has 21 heavy (non-hydrogen) atoms. The Morgan fingerprint density at radius 2 is 2.00 bits per heavy atom. The second kappa shape index (κ2) is 6.40. The van der Waals surface area contributed by atoms with Crippen LogP contribution in [0.15, 0.2) is 24.3 Å². The van der Waals surface area contributed by atoms with Crippen molar-refractivity contribution in [1.82, 2.24) is 5.32 Å². The molecule has 1 unspecified atom stereocenters. The molecule has 6 heteroatoms. The van der Waals surface area contributed by atoms with Gasteiger partial charge >= 0.3 is 0 Å². The number of nitrogens with one attached hydrogen (secondary N) is 1. The van der Waals surface area contributed by atoms with Gasteiger partial charge in [-0.15, -0.1) is 11.8 Å². The molecule has 0 bridgehead atoms. The van der Waals surface area contributed by atoms with E-state index in [4.69, 9.17) is 0 Å². The second-order valence-corrected chi connectivity index (χ2v) is 9.10. The molecular weight excluding hydrogens is 306 g/mol. The van der Waals surface area contributed by atoms with Crippen molar-refractivity contribution < 1.29 is 13.2 Å². The van der Waals surface area contributed by atoms with E-state index in [0.29, 0.717) is 12.2 Å². The Kier molecular flexibility index (Phi) is 4.99. The molecule has 0 aromatic heterocycles. The van der Waals surface area contributed by atoms with E-state index >= 15 is 0 Å². The van der Waals surface area contributed by atoms with Crippen LogP contribution in [0.3, 0.4) is 0 Å². The summed E-state index contributed by atoms with van der Waals surface area (Å²) in [5.74, 6) is 1.26. The zero-order valence-electron chi connectivity index (χ0n) is 12.4. The van der Waals surface area contributed by atoms with Crippen molar-refractivity contribution in [2.24, 2.45) is 0 Å². The third kappa shape index (κ3) is 5.04. The summed E-state index contributed by atoms with van der Waals surface area (Å²) in [5, 5.41) is 2.87. The fourth-order valence-corrected chi connectivity index (χ4v) is 5.31. The fraction of sp³-hybridized carbons (Fsp3) is 0.533. The molecule has 1 heterocycles. The first kappa shape index (κ1) is 16.4. The second-order valence-electron chi connectivity index (χ2n) is 5.93. The summed E-state index contributed by atoms with van der Waals surface area (Å²) >= 11 is 1.54. The Hall–Kier alpha value is -1.01. The van der Waals surface area contributed by atoms with E-state index in [1.165, 1.54) is 11.1 Å². The lowest BCUT2D eigenvalue weighted by molar-refractivity contribution is -0.120. The lowest BCUT2D eigenvalue weighted by Crippen LogP contribution is -2.47. The maximum Gasteiger partial charge on any atom is 0.230 e. The van der Waals surface area contributed by atoms with Gasteiger partial charge in [-0.1, -0.05) is 29.8 Å². The maximum absolute atomic E-state index is 11.9. The van der Waals surface area contributed by atoms with Crippen LogP contribution in [0.1, 0.15) is 24.5 Å². The molecule has 1 saturated heterocycles. The van der Waals surface area contributed by atoms with Gasteiger partial charge in [-0.3, -0.25) is 4.79 Å². The van der Waals surface area contributed by atoms with Crippen molar-refractivity contribution in [2.45, 2.75) is 31.6 Å². The van der Waals surface area contributed by atoms with E-state index in [0.717, 1.165) is 5.75 Å². The Balaban J connectivity index is 1.76. The smallest absolute Gasteiger partial charge is 0.230 e. The highest BCUT2D eigenvalue weighted by molar-refractivity contribution is 7.99. The number of sulfone groups is 1. The normalized spacial score (nSPS) is 23.9. The molecule has 1 aromatic rings. The van der Waals surface area contributed by atoms with Crippen molar-refractivity contribution in [3.8, 4) is 0 Å². The number of amides is 1. The summed E-state index contributed by atoms with van der Waals surface area (Å²) in [7, 11) is -2.99. The first-order valence-electron chi connectivity index (χ1n) is 6.93. The summed E-state index contributed by atoms with van der Waals surface area (Å²) in [5.41, 5.74) is 1.81. The van der Waals surface area contributed by atoms with Crippen molar-refractivity contribution >= 4 is 27.5 Å². The van der Waals surface area contributed by atoms with Crippen LogP contribution >= 0.6 is 11.8 Å². The molecule has 0 spiro atoms. The molecule has 1 atom stereocenters. The van der Waals surface area contributed by atoms with Gasteiger partial charge in [0.25, 0.3) is 0 Å². The van der Waals surface area contributed by atoms with Gasteiger partial charge in [0.1, 0.15) is 0 Å². The minimum Gasteiger partial charge on any atom is -0.349 e. The van der Waals surface area contributed by atoms with Gasteiger partial charge in [0.15, 0.2) is 9.84 Å². The van der Waals surface area contributed by atoms with Crippen molar-refractivity contribution in [3.05, 3.63) is 35.4 Å². The van der Waals surface area contributed by atoms with Crippen molar-refractivity contribution in [2.75, 3.05) is 17.3 Å². The summed E-state index contributed by atoms with van der Waals surface area (Å²) in [6, 6.07) is 8.23. The van der Waals surface area contributed by atoms with Gasteiger partial charge in [0.05, 0.1) is 22.8 Å². The van der Waals surface area contributed by atoms with Crippen LogP contribution in [0.25, 0.3) is 0 Å². The molecule has 1 aliphatic rings. The Bertz CT molecular complexity index is 610. The van der Waals surface area contributed by atoms with Gasteiger partial charge in [-0.2, -0.15) is 0 Å². The predicted octanol–water partition coefficient (Wildman–Crippen LogP) is 1.92. The first-order chi connectivity index (χ1) is 9.78. The number of carbonyl (C=O) groups is 1. The first-order valence-corrected chi connectivity index (χ1v) is 9.90. The van der Waals surface area contributed by atoms with Gasteiger partial charge in [-0.25, -0.2) is 8.42 Å². The molecule has 1 fully saturated rings. The third-order valence-electron chi connectivity index (χ3n) is 3.57. The van der Waals surface area contributed by atoms with Crippen LogP contribution in [-0.2, 0) is 20.4 Å². The Morgan fingerprint density at radius 3 is 2.57 bits per heavy atom. The van der Waals surface area contributed by atoms with E-state index in [1.54, 1.807) is 18.7 Å². The van der Waals surface area contributed by atoms with Crippen LogP contribution in [-0.4, -0.2) is 37.1 Å². The molecule has 1 amide bonds. The van der Waals surface area contributed by atoms with Crippen LogP contribution in [0.4, 0.5) is 0 Å². The van der Waals surface area contributed by atoms with E-state index in [-0.39, 0.29) is 17.4 Å². The molecule has 0 aliphatic carbocycles. The minimum atomic E-state index is -2.99.